The Bertz CT molecular complexity index is 3700. The highest BCUT2D eigenvalue weighted by Crippen LogP contribution is 2.50. The summed E-state index contributed by atoms with van der Waals surface area (Å²) in [7, 11) is 0. The van der Waals surface area contributed by atoms with E-state index >= 15 is 0 Å². The summed E-state index contributed by atoms with van der Waals surface area (Å²) in [6.45, 7) is 0. The van der Waals surface area contributed by atoms with Gasteiger partial charge in [-0.15, -0.1) is 0 Å². The van der Waals surface area contributed by atoms with Gasteiger partial charge in [-0.05, 0) is 114 Å². The first-order chi connectivity index (χ1) is 30.3. The molecule has 284 valence electrons. The quantitative estimate of drug-likeness (QED) is 0.175. The van der Waals surface area contributed by atoms with Crippen LogP contribution in [-0.4, -0.2) is 19.1 Å². The average molecular weight is 778 g/mol. The Balaban J connectivity index is 0.907. The number of hydrogen-bond acceptors (Lipinski definition) is 3. The fourth-order valence-electron chi connectivity index (χ4n) is 9.73. The molecule has 0 saturated heterocycles. The van der Waals surface area contributed by atoms with Gasteiger partial charge in [-0.25, -0.2) is 9.97 Å². The van der Waals surface area contributed by atoms with Crippen LogP contribution in [0.4, 0.5) is 17.1 Å². The van der Waals surface area contributed by atoms with Gasteiger partial charge in [-0.2, -0.15) is 0 Å². The van der Waals surface area contributed by atoms with Gasteiger partial charge in [0, 0.05) is 49.7 Å². The summed E-state index contributed by atoms with van der Waals surface area (Å²) in [4.78, 5) is 12.8. The van der Waals surface area contributed by atoms with Crippen molar-refractivity contribution >= 4 is 71.6 Å². The number of aromatic nitrogens is 4. The SMILES string of the molecule is c1ccc(N2c3ccccc3-c3nc(-c4ccc(-n5c6ccccc6c6cc(-c7ccc8c(c7)c7ccccc7n8-c7ccccc7)ccc65)cc4)nc4cccc2c34)cc1. The van der Waals surface area contributed by atoms with Crippen LogP contribution in [0, 0.1) is 0 Å². The lowest BCUT2D eigenvalue weighted by Gasteiger charge is -2.32. The molecule has 0 saturated carbocycles. The summed E-state index contributed by atoms with van der Waals surface area (Å²) in [5.41, 5.74) is 16.7. The number of benzene rings is 9. The van der Waals surface area contributed by atoms with Gasteiger partial charge in [0.25, 0.3) is 0 Å². The maximum absolute atomic E-state index is 5.31. The van der Waals surface area contributed by atoms with Gasteiger partial charge in [0.15, 0.2) is 5.82 Å². The Labute approximate surface area is 351 Å². The van der Waals surface area contributed by atoms with E-state index in [1.165, 1.54) is 54.9 Å². The molecule has 13 rings (SSSR count). The third-order valence-corrected chi connectivity index (χ3v) is 12.4. The molecule has 0 radical (unpaired) electrons. The van der Waals surface area contributed by atoms with Crippen LogP contribution >= 0.6 is 0 Å². The molecular weight excluding hydrogens is 743 g/mol. The van der Waals surface area contributed by atoms with Crippen LogP contribution in [0.3, 0.4) is 0 Å². The van der Waals surface area contributed by atoms with Crippen molar-refractivity contribution in [3.63, 3.8) is 0 Å². The number of hydrogen-bond donors (Lipinski definition) is 0. The monoisotopic (exact) mass is 777 g/mol. The number of rotatable bonds is 5. The van der Waals surface area contributed by atoms with Gasteiger partial charge in [0.05, 0.1) is 50.0 Å². The van der Waals surface area contributed by atoms with E-state index < -0.39 is 0 Å². The maximum Gasteiger partial charge on any atom is 0.160 e. The fourth-order valence-corrected chi connectivity index (χ4v) is 9.73. The molecule has 9 aromatic carbocycles. The van der Waals surface area contributed by atoms with E-state index in [4.69, 9.17) is 9.97 Å². The predicted octanol–water partition coefficient (Wildman–Crippen LogP) is 14.6. The van der Waals surface area contributed by atoms with Gasteiger partial charge >= 0.3 is 0 Å². The molecule has 0 fully saturated rings. The van der Waals surface area contributed by atoms with Gasteiger partial charge in [-0.3, -0.25) is 0 Å². The first-order valence-electron chi connectivity index (χ1n) is 20.8. The zero-order valence-corrected chi connectivity index (χ0v) is 32.9. The average Bonchev–Trinajstić information content (AvgIpc) is 3.84. The molecule has 0 aliphatic carbocycles. The Morgan fingerprint density at radius 2 is 0.836 bits per heavy atom. The molecule has 1 aliphatic heterocycles. The molecule has 61 heavy (non-hydrogen) atoms. The predicted molar refractivity (Wildman–Crippen MR) is 253 cm³/mol. The van der Waals surface area contributed by atoms with Crippen LogP contribution in [0.5, 0.6) is 0 Å². The van der Waals surface area contributed by atoms with Gasteiger partial charge in [-0.1, -0.05) is 109 Å². The van der Waals surface area contributed by atoms with E-state index in [0.717, 1.165) is 56.0 Å². The molecule has 0 amide bonds. The van der Waals surface area contributed by atoms with Crippen molar-refractivity contribution in [3.05, 3.63) is 212 Å². The molecule has 0 atom stereocenters. The molecule has 5 nitrogen and oxygen atoms in total. The fraction of sp³-hybridized carbons (Fsp3) is 0. The second-order valence-corrected chi connectivity index (χ2v) is 15.8. The Morgan fingerprint density at radius 1 is 0.328 bits per heavy atom. The smallest absolute Gasteiger partial charge is 0.160 e. The van der Waals surface area contributed by atoms with Crippen molar-refractivity contribution in [1.29, 1.82) is 0 Å². The topological polar surface area (TPSA) is 38.9 Å². The third kappa shape index (κ3) is 5.08. The molecule has 12 aromatic rings. The number of nitrogens with zero attached hydrogens (tertiary/aromatic N) is 5. The first-order valence-corrected chi connectivity index (χ1v) is 20.8. The van der Waals surface area contributed by atoms with Crippen molar-refractivity contribution in [2.24, 2.45) is 0 Å². The van der Waals surface area contributed by atoms with Gasteiger partial charge in [0.1, 0.15) is 0 Å². The lowest BCUT2D eigenvalue weighted by molar-refractivity contribution is 1.17. The lowest BCUT2D eigenvalue weighted by Crippen LogP contribution is -2.16. The molecule has 5 heteroatoms. The summed E-state index contributed by atoms with van der Waals surface area (Å²) < 4.78 is 4.74. The summed E-state index contributed by atoms with van der Waals surface area (Å²) in [6, 6.07) is 76.1. The second kappa shape index (κ2) is 13.1. The van der Waals surface area contributed by atoms with Gasteiger partial charge < -0.3 is 14.0 Å². The molecular formula is C56H35N5. The van der Waals surface area contributed by atoms with Crippen LogP contribution in [-0.2, 0) is 0 Å². The van der Waals surface area contributed by atoms with Crippen molar-refractivity contribution < 1.29 is 0 Å². The van der Waals surface area contributed by atoms with E-state index in [1.54, 1.807) is 0 Å². The minimum atomic E-state index is 0.713. The van der Waals surface area contributed by atoms with E-state index in [0.29, 0.717) is 5.82 Å². The molecule has 4 heterocycles. The van der Waals surface area contributed by atoms with Gasteiger partial charge in [0.2, 0.25) is 0 Å². The highest BCUT2D eigenvalue weighted by molar-refractivity contribution is 6.14. The van der Waals surface area contributed by atoms with Crippen molar-refractivity contribution in [3.8, 4) is 45.1 Å². The van der Waals surface area contributed by atoms with E-state index in [1.807, 2.05) is 0 Å². The molecule has 0 bridgehead atoms. The zero-order valence-electron chi connectivity index (χ0n) is 32.9. The van der Waals surface area contributed by atoms with E-state index in [2.05, 4.69) is 226 Å². The van der Waals surface area contributed by atoms with E-state index in [-0.39, 0.29) is 0 Å². The summed E-state index contributed by atoms with van der Waals surface area (Å²) >= 11 is 0. The van der Waals surface area contributed by atoms with Crippen molar-refractivity contribution in [2.45, 2.75) is 0 Å². The first kappa shape index (κ1) is 33.7. The standard InChI is InChI=1S/C56H35N5/c1-3-14-39(15-4-1)59-48-22-10-7-18-42(48)45-34-37(28-32-51(45)59)38-29-33-52-46(35-38)43-19-8-11-23-49(43)60(52)41-30-26-36(27-31-41)56-57-47-21-13-25-53-54(47)55(58-56)44-20-9-12-24-50(44)61(53)40-16-5-2-6-17-40/h1-35H. The van der Waals surface area contributed by atoms with Crippen LogP contribution in [0.1, 0.15) is 0 Å². The largest absolute Gasteiger partial charge is 0.309 e. The molecule has 3 aromatic heterocycles. The zero-order chi connectivity index (χ0) is 40.0. The lowest BCUT2D eigenvalue weighted by atomic mass is 9.96. The van der Waals surface area contributed by atoms with Crippen LogP contribution in [0.25, 0.3) is 99.7 Å². The minimum absolute atomic E-state index is 0.713. The highest BCUT2D eigenvalue weighted by Gasteiger charge is 2.28. The summed E-state index contributed by atoms with van der Waals surface area (Å²) in [5, 5.41) is 6.01. The molecule has 0 spiro atoms. The highest BCUT2D eigenvalue weighted by atomic mass is 15.2. The number of fused-ring (bicyclic) bond motifs is 8. The third-order valence-electron chi connectivity index (χ3n) is 12.4. The Kier molecular flexibility index (Phi) is 7.24. The van der Waals surface area contributed by atoms with Crippen LogP contribution < -0.4 is 4.90 Å². The summed E-state index contributed by atoms with van der Waals surface area (Å²) in [5.74, 6) is 0.713. The maximum atomic E-state index is 5.31. The van der Waals surface area contributed by atoms with E-state index in [9.17, 15) is 0 Å². The normalized spacial score (nSPS) is 12.2. The van der Waals surface area contributed by atoms with Crippen molar-refractivity contribution in [1.82, 2.24) is 19.1 Å². The Morgan fingerprint density at radius 3 is 1.49 bits per heavy atom. The van der Waals surface area contributed by atoms with Crippen molar-refractivity contribution in [2.75, 3.05) is 4.90 Å². The molecule has 1 aliphatic rings. The minimum Gasteiger partial charge on any atom is -0.309 e. The summed E-state index contributed by atoms with van der Waals surface area (Å²) in [6.07, 6.45) is 0. The number of para-hydroxylation sites is 5. The molecule has 0 N–H and O–H groups in total. The second-order valence-electron chi connectivity index (χ2n) is 15.8. The van der Waals surface area contributed by atoms with Crippen LogP contribution in [0.2, 0.25) is 0 Å². The number of anilines is 3. The van der Waals surface area contributed by atoms with Crippen LogP contribution in [0.15, 0.2) is 212 Å². The molecule has 0 unspecified atom stereocenters. The Hall–Kier alpha value is -8.28.